The third kappa shape index (κ3) is 7.39. The summed E-state index contributed by atoms with van der Waals surface area (Å²) in [6.45, 7) is 7.47. The molecule has 0 heterocycles. The molecular weight excluding hydrogens is 180 g/mol. The highest BCUT2D eigenvalue weighted by molar-refractivity contribution is 5.83. The van der Waals surface area contributed by atoms with Crippen LogP contribution in [0.1, 0.15) is 20.8 Å². The zero-order valence-corrected chi connectivity index (χ0v) is 9.13. The first-order valence-electron chi connectivity index (χ1n) is 4.86. The second-order valence-electron chi connectivity index (χ2n) is 3.43. The molecular formula is C9H20N4O. The van der Waals surface area contributed by atoms with Crippen LogP contribution in [0.25, 0.3) is 0 Å². The number of hydrogen-bond donors (Lipinski definition) is 3. The second-order valence-corrected chi connectivity index (χ2v) is 3.43. The van der Waals surface area contributed by atoms with Crippen LogP contribution >= 0.6 is 0 Å². The molecule has 0 saturated heterocycles. The number of guanidine groups is 1. The van der Waals surface area contributed by atoms with E-state index in [1.807, 2.05) is 20.8 Å². The lowest BCUT2D eigenvalue weighted by atomic mass is 10.2. The molecule has 0 aliphatic rings. The highest BCUT2D eigenvalue weighted by Crippen LogP contribution is 1.86. The van der Waals surface area contributed by atoms with Gasteiger partial charge in [0.15, 0.2) is 5.96 Å². The molecule has 0 spiro atoms. The van der Waals surface area contributed by atoms with E-state index in [1.165, 1.54) is 0 Å². The van der Waals surface area contributed by atoms with Crippen LogP contribution in [0.15, 0.2) is 4.99 Å². The molecule has 0 aliphatic carbocycles. The predicted octanol–water partition coefficient (Wildman–Crippen LogP) is -0.317. The molecule has 5 nitrogen and oxygen atoms in total. The minimum absolute atomic E-state index is 0.0888. The van der Waals surface area contributed by atoms with Crippen molar-refractivity contribution < 1.29 is 4.79 Å². The SMILES string of the molecule is CCNC(N)=NCC(=O)NCC(C)C. The quantitative estimate of drug-likeness (QED) is 0.420. The number of nitrogens with zero attached hydrogens (tertiary/aromatic N) is 1. The van der Waals surface area contributed by atoms with Gasteiger partial charge in [0.1, 0.15) is 6.54 Å². The van der Waals surface area contributed by atoms with Crippen LogP contribution in [0.3, 0.4) is 0 Å². The molecule has 0 fully saturated rings. The first-order valence-corrected chi connectivity index (χ1v) is 4.86. The summed E-state index contributed by atoms with van der Waals surface area (Å²) in [7, 11) is 0. The molecule has 0 aromatic carbocycles. The maximum absolute atomic E-state index is 11.2. The van der Waals surface area contributed by atoms with Gasteiger partial charge >= 0.3 is 0 Å². The van der Waals surface area contributed by atoms with Gasteiger partial charge in [0.2, 0.25) is 5.91 Å². The summed E-state index contributed by atoms with van der Waals surface area (Å²) >= 11 is 0. The molecule has 0 unspecified atom stereocenters. The standard InChI is InChI=1S/C9H20N4O/c1-4-11-9(10)13-6-8(14)12-5-7(2)3/h7H,4-6H2,1-3H3,(H,12,14)(H3,10,11,13). The fourth-order valence-corrected chi connectivity index (χ4v) is 0.768. The summed E-state index contributed by atoms with van der Waals surface area (Å²) in [5, 5.41) is 5.56. The minimum Gasteiger partial charge on any atom is -0.370 e. The molecule has 82 valence electrons. The fraction of sp³-hybridized carbons (Fsp3) is 0.778. The van der Waals surface area contributed by atoms with Crippen molar-refractivity contribution in [2.75, 3.05) is 19.6 Å². The molecule has 0 saturated carbocycles. The van der Waals surface area contributed by atoms with Gasteiger partial charge in [-0.25, -0.2) is 4.99 Å². The van der Waals surface area contributed by atoms with E-state index in [0.717, 1.165) is 0 Å². The topological polar surface area (TPSA) is 79.5 Å². The van der Waals surface area contributed by atoms with Crippen molar-refractivity contribution in [2.24, 2.45) is 16.6 Å². The van der Waals surface area contributed by atoms with Crippen LogP contribution in [0, 0.1) is 5.92 Å². The van der Waals surface area contributed by atoms with Crippen LogP contribution in [0.4, 0.5) is 0 Å². The number of carbonyl (C=O) groups excluding carboxylic acids is 1. The van der Waals surface area contributed by atoms with Gasteiger partial charge in [0.25, 0.3) is 0 Å². The molecule has 4 N–H and O–H groups in total. The summed E-state index contributed by atoms with van der Waals surface area (Å²) in [6, 6.07) is 0. The van der Waals surface area contributed by atoms with E-state index in [1.54, 1.807) is 0 Å². The van der Waals surface area contributed by atoms with Gasteiger partial charge in [-0.1, -0.05) is 13.8 Å². The Morgan fingerprint density at radius 3 is 2.57 bits per heavy atom. The van der Waals surface area contributed by atoms with Crippen LogP contribution in [0.2, 0.25) is 0 Å². The Bertz CT molecular complexity index is 201. The maximum atomic E-state index is 11.2. The lowest BCUT2D eigenvalue weighted by Gasteiger charge is -2.06. The molecule has 0 aromatic rings. The number of nitrogens with one attached hydrogen (secondary N) is 2. The third-order valence-corrected chi connectivity index (χ3v) is 1.46. The Labute approximate surface area is 85.2 Å². The van der Waals surface area contributed by atoms with Gasteiger partial charge in [-0.3, -0.25) is 4.79 Å². The van der Waals surface area contributed by atoms with Gasteiger partial charge in [-0.15, -0.1) is 0 Å². The summed E-state index contributed by atoms with van der Waals surface area (Å²) in [4.78, 5) is 15.0. The Morgan fingerprint density at radius 1 is 1.43 bits per heavy atom. The lowest BCUT2D eigenvalue weighted by Crippen LogP contribution is -2.34. The van der Waals surface area contributed by atoms with Crippen molar-refractivity contribution in [2.45, 2.75) is 20.8 Å². The van der Waals surface area contributed by atoms with Gasteiger partial charge in [-0.05, 0) is 12.8 Å². The van der Waals surface area contributed by atoms with Crippen LogP contribution < -0.4 is 16.4 Å². The van der Waals surface area contributed by atoms with Gasteiger partial charge in [0, 0.05) is 13.1 Å². The predicted molar refractivity (Wildman–Crippen MR) is 58.0 cm³/mol. The molecule has 0 atom stereocenters. The number of aliphatic imine (C=N–C) groups is 1. The third-order valence-electron chi connectivity index (χ3n) is 1.46. The van der Waals surface area contributed by atoms with E-state index in [9.17, 15) is 4.79 Å². The fourth-order valence-electron chi connectivity index (χ4n) is 0.768. The number of amides is 1. The van der Waals surface area contributed by atoms with Crippen LogP contribution in [0.5, 0.6) is 0 Å². The minimum atomic E-state index is -0.0976. The van der Waals surface area contributed by atoms with Crippen molar-refractivity contribution in [1.29, 1.82) is 0 Å². The van der Waals surface area contributed by atoms with E-state index in [0.29, 0.717) is 25.0 Å². The van der Waals surface area contributed by atoms with E-state index < -0.39 is 0 Å². The molecule has 14 heavy (non-hydrogen) atoms. The molecule has 1 amide bonds. The highest BCUT2D eigenvalue weighted by Gasteiger charge is 2.00. The second kappa shape index (κ2) is 7.17. The number of rotatable bonds is 5. The van der Waals surface area contributed by atoms with Crippen molar-refractivity contribution in [3.8, 4) is 0 Å². The summed E-state index contributed by atoms with van der Waals surface area (Å²) in [6.07, 6.45) is 0. The van der Waals surface area contributed by atoms with E-state index >= 15 is 0 Å². The van der Waals surface area contributed by atoms with E-state index in [4.69, 9.17) is 5.73 Å². The Balaban J connectivity index is 3.67. The maximum Gasteiger partial charge on any atom is 0.241 e. The smallest absolute Gasteiger partial charge is 0.241 e. The van der Waals surface area contributed by atoms with Crippen molar-refractivity contribution in [1.82, 2.24) is 10.6 Å². The van der Waals surface area contributed by atoms with Crippen molar-refractivity contribution in [3.05, 3.63) is 0 Å². The molecule has 5 heteroatoms. The van der Waals surface area contributed by atoms with Crippen LogP contribution in [-0.4, -0.2) is 31.5 Å². The van der Waals surface area contributed by atoms with Crippen LogP contribution in [-0.2, 0) is 4.79 Å². The lowest BCUT2D eigenvalue weighted by molar-refractivity contribution is -0.119. The number of nitrogens with two attached hydrogens (primary N) is 1. The van der Waals surface area contributed by atoms with Gasteiger partial charge < -0.3 is 16.4 Å². The Morgan fingerprint density at radius 2 is 2.07 bits per heavy atom. The summed E-state index contributed by atoms with van der Waals surface area (Å²) in [5.74, 6) is 0.667. The monoisotopic (exact) mass is 200 g/mol. The molecule has 0 aromatic heterocycles. The largest absolute Gasteiger partial charge is 0.370 e. The molecule has 0 bridgehead atoms. The Hall–Kier alpha value is -1.26. The van der Waals surface area contributed by atoms with Gasteiger partial charge in [-0.2, -0.15) is 0 Å². The first-order chi connectivity index (χ1) is 6.56. The number of hydrogen-bond acceptors (Lipinski definition) is 2. The molecule has 0 rings (SSSR count). The van der Waals surface area contributed by atoms with E-state index in [2.05, 4.69) is 15.6 Å². The molecule has 0 radical (unpaired) electrons. The zero-order chi connectivity index (χ0) is 11.0. The zero-order valence-electron chi connectivity index (χ0n) is 9.13. The van der Waals surface area contributed by atoms with Crippen molar-refractivity contribution >= 4 is 11.9 Å². The van der Waals surface area contributed by atoms with Gasteiger partial charge in [0.05, 0.1) is 0 Å². The highest BCUT2D eigenvalue weighted by atomic mass is 16.1. The summed E-state index contributed by atoms with van der Waals surface area (Å²) < 4.78 is 0. The number of carbonyl (C=O) groups is 1. The van der Waals surface area contributed by atoms with Crippen molar-refractivity contribution in [3.63, 3.8) is 0 Å². The summed E-state index contributed by atoms with van der Waals surface area (Å²) in [5.41, 5.74) is 5.45. The van der Waals surface area contributed by atoms with E-state index in [-0.39, 0.29) is 12.5 Å². The Kier molecular flexibility index (Phi) is 6.53. The average molecular weight is 200 g/mol. The normalized spacial score (nSPS) is 11.6. The first kappa shape index (κ1) is 12.7. The average Bonchev–Trinajstić information content (AvgIpc) is 2.12. The molecule has 0 aliphatic heterocycles.